The van der Waals surface area contributed by atoms with Gasteiger partial charge in [-0.25, -0.2) is 0 Å². The zero-order valence-corrected chi connectivity index (χ0v) is 13.2. The molecule has 0 spiro atoms. The monoisotopic (exact) mass is 291 g/mol. The summed E-state index contributed by atoms with van der Waals surface area (Å²) >= 11 is 0. The smallest absolute Gasteiger partial charge is 0.0467 e. The minimum absolute atomic E-state index is 1.16. The molecular weight excluding hydrogens is 273 g/mol. The molecule has 0 aliphatic rings. The van der Waals surface area contributed by atoms with E-state index in [0.717, 1.165) is 11.4 Å². The minimum Gasteiger partial charge on any atom is -0.310 e. The van der Waals surface area contributed by atoms with Crippen LogP contribution in [0, 0.1) is 6.92 Å². The van der Waals surface area contributed by atoms with E-state index in [1.54, 1.807) is 0 Å². The SMILES string of the molecule is Cc1ccc(N(c2ccccc2)c2cccc(P)c2)cc1. The topological polar surface area (TPSA) is 3.24 Å². The molecule has 0 fully saturated rings. The van der Waals surface area contributed by atoms with Gasteiger partial charge in [0.25, 0.3) is 0 Å². The van der Waals surface area contributed by atoms with E-state index in [9.17, 15) is 0 Å². The lowest BCUT2D eigenvalue weighted by Gasteiger charge is -2.25. The second-order valence-electron chi connectivity index (χ2n) is 5.10. The largest absolute Gasteiger partial charge is 0.310 e. The van der Waals surface area contributed by atoms with Gasteiger partial charge < -0.3 is 4.90 Å². The van der Waals surface area contributed by atoms with Gasteiger partial charge in [0.1, 0.15) is 0 Å². The van der Waals surface area contributed by atoms with Gasteiger partial charge in [0.2, 0.25) is 0 Å². The number of hydrogen-bond donors (Lipinski definition) is 0. The fraction of sp³-hybridized carbons (Fsp3) is 0.0526. The van der Waals surface area contributed by atoms with Gasteiger partial charge in [-0.05, 0) is 48.6 Å². The first-order valence-electron chi connectivity index (χ1n) is 7.01. The maximum Gasteiger partial charge on any atom is 0.0467 e. The predicted molar refractivity (Wildman–Crippen MR) is 95.2 cm³/mol. The van der Waals surface area contributed by atoms with Gasteiger partial charge in [-0.3, -0.25) is 0 Å². The lowest BCUT2D eigenvalue weighted by molar-refractivity contribution is 1.28. The summed E-state index contributed by atoms with van der Waals surface area (Å²) in [5.74, 6) is 0. The lowest BCUT2D eigenvalue weighted by atomic mass is 10.1. The van der Waals surface area contributed by atoms with Crippen molar-refractivity contribution >= 4 is 31.6 Å². The van der Waals surface area contributed by atoms with E-state index < -0.39 is 0 Å². The van der Waals surface area contributed by atoms with Crippen molar-refractivity contribution in [2.24, 2.45) is 0 Å². The second-order valence-corrected chi connectivity index (χ2v) is 5.77. The molecule has 3 rings (SSSR count). The lowest BCUT2D eigenvalue weighted by Crippen LogP contribution is -2.11. The van der Waals surface area contributed by atoms with Gasteiger partial charge >= 0.3 is 0 Å². The molecule has 0 bridgehead atoms. The van der Waals surface area contributed by atoms with Crippen LogP contribution in [-0.4, -0.2) is 0 Å². The summed E-state index contributed by atoms with van der Waals surface area (Å²) in [6.07, 6.45) is 0. The van der Waals surface area contributed by atoms with Crippen LogP contribution >= 0.6 is 9.24 Å². The Bertz CT molecular complexity index is 720. The molecule has 0 radical (unpaired) electrons. The molecule has 2 heteroatoms. The standard InChI is InChI=1S/C19H18NP/c1-15-10-12-17(13-11-15)20(16-6-3-2-4-7-16)18-8-5-9-19(21)14-18/h2-14H,21H2,1H3. The molecule has 0 aliphatic heterocycles. The van der Waals surface area contributed by atoms with Crippen molar-refractivity contribution in [1.29, 1.82) is 0 Å². The van der Waals surface area contributed by atoms with Gasteiger partial charge in [-0.15, -0.1) is 9.24 Å². The number of benzene rings is 3. The van der Waals surface area contributed by atoms with E-state index >= 15 is 0 Å². The first-order valence-corrected chi connectivity index (χ1v) is 7.59. The first-order chi connectivity index (χ1) is 10.2. The molecule has 1 unspecified atom stereocenters. The van der Waals surface area contributed by atoms with Gasteiger partial charge in [0.15, 0.2) is 0 Å². The van der Waals surface area contributed by atoms with Crippen LogP contribution in [0.4, 0.5) is 17.1 Å². The summed E-state index contributed by atoms with van der Waals surface area (Å²) in [5.41, 5.74) is 4.77. The van der Waals surface area contributed by atoms with Crippen molar-refractivity contribution in [3.8, 4) is 0 Å². The number of aryl methyl sites for hydroxylation is 1. The molecule has 0 saturated carbocycles. The normalized spacial score (nSPS) is 10.4. The van der Waals surface area contributed by atoms with Gasteiger partial charge in [-0.1, -0.05) is 48.0 Å². The Morgan fingerprint density at radius 3 is 1.95 bits per heavy atom. The molecule has 0 amide bonds. The molecular formula is C19H18NP. The molecule has 3 aromatic carbocycles. The fourth-order valence-corrected chi connectivity index (χ4v) is 2.66. The Labute approximate surface area is 128 Å². The molecule has 21 heavy (non-hydrogen) atoms. The highest BCUT2D eigenvalue weighted by molar-refractivity contribution is 7.27. The summed E-state index contributed by atoms with van der Waals surface area (Å²) in [6, 6.07) is 27.6. The quantitative estimate of drug-likeness (QED) is 0.616. The summed E-state index contributed by atoms with van der Waals surface area (Å²) < 4.78 is 0. The molecule has 104 valence electrons. The van der Waals surface area contributed by atoms with E-state index in [4.69, 9.17) is 0 Å². The van der Waals surface area contributed by atoms with Crippen molar-refractivity contribution in [3.63, 3.8) is 0 Å². The Hall–Kier alpha value is -2.11. The minimum atomic E-state index is 1.16. The Kier molecular flexibility index (Phi) is 4.03. The second kappa shape index (κ2) is 6.11. The van der Waals surface area contributed by atoms with Crippen LogP contribution in [0.25, 0.3) is 0 Å². The van der Waals surface area contributed by atoms with Crippen LogP contribution in [0.1, 0.15) is 5.56 Å². The Morgan fingerprint density at radius 1 is 0.667 bits per heavy atom. The van der Waals surface area contributed by atoms with Crippen molar-refractivity contribution in [3.05, 3.63) is 84.4 Å². The maximum atomic E-state index is 2.76. The number of nitrogens with zero attached hydrogens (tertiary/aromatic N) is 1. The average molecular weight is 291 g/mol. The molecule has 1 atom stereocenters. The van der Waals surface area contributed by atoms with Gasteiger partial charge in [0, 0.05) is 17.1 Å². The van der Waals surface area contributed by atoms with Crippen LogP contribution < -0.4 is 10.2 Å². The molecule has 0 saturated heterocycles. The van der Waals surface area contributed by atoms with Crippen molar-refractivity contribution in [2.75, 3.05) is 4.90 Å². The number of hydrogen-bond acceptors (Lipinski definition) is 1. The zero-order valence-electron chi connectivity index (χ0n) is 12.0. The van der Waals surface area contributed by atoms with Crippen LogP contribution in [0.5, 0.6) is 0 Å². The van der Waals surface area contributed by atoms with Crippen LogP contribution in [0.3, 0.4) is 0 Å². The van der Waals surface area contributed by atoms with E-state index in [0.29, 0.717) is 0 Å². The first kappa shape index (κ1) is 13.9. The number of para-hydroxylation sites is 1. The molecule has 0 aliphatic carbocycles. The third kappa shape index (κ3) is 3.15. The van der Waals surface area contributed by atoms with Gasteiger partial charge in [-0.2, -0.15) is 0 Å². The summed E-state index contributed by atoms with van der Waals surface area (Å²) in [6.45, 7) is 2.11. The van der Waals surface area contributed by atoms with Crippen molar-refractivity contribution < 1.29 is 0 Å². The molecule has 0 aromatic heterocycles. The van der Waals surface area contributed by atoms with Crippen LogP contribution in [0.2, 0.25) is 0 Å². The summed E-state index contributed by atoms with van der Waals surface area (Å²) in [5, 5.41) is 1.18. The summed E-state index contributed by atoms with van der Waals surface area (Å²) in [4.78, 5) is 2.27. The molecule has 0 N–H and O–H groups in total. The predicted octanol–water partition coefficient (Wildman–Crippen LogP) is 4.97. The molecule has 1 nitrogen and oxygen atoms in total. The van der Waals surface area contributed by atoms with Gasteiger partial charge in [0.05, 0.1) is 0 Å². The van der Waals surface area contributed by atoms with E-state index in [1.165, 1.54) is 16.6 Å². The Morgan fingerprint density at radius 2 is 1.29 bits per heavy atom. The number of rotatable bonds is 3. The Balaban J connectivity index is 2.13. The van der Waals surface area contributed by atoms with E-state index in [-0.39, 0.29) is 0 Å². The molecule has 3 aromatic rings. The highest BCUT2D eigenvalue weighted by Gasteiger charge is 2.11. The third-order valence-electron chi connectivity index (χ3n) is 3.43. The highest BCUT2D eigenvalue weighted by atomic mass is 31.0. The molecule has 0 heterocycles. The summed E-state index contributed by atoms with van der Waals surface area (Å²) in [7, 11) is 2.76. The van der Waals surface area contributed by atoms with Crippen molar-refractivity contribution in [2.45, 2.75) is 6.92 Å². The van der Waals surface area contributed by atoms with Crippen molar-refractivity contribution in [1.82, 2.24) is 0 Å². The fourth-order valence-electron chi connectivity index (χ4n) is 2.38. The average Bonchev–Trinajstić information content (AvgIpc) is 2.51. The number of anilines is 3. The maximum absolute atomic E-state index is 2.76. The zero-order chi connectivity index (χ0) is 14.7. The van der Waals surface area contributed by atoms with E-state index in [1.807, 2.05) is 6.07 Å². The van der Waals surface area contributed by atoms with Crippen LogP contribution in [-0.2, 0) is 0 Å². The highest BCUT2D eigenvalue weighted by Crippen LogP contribution is 2.33. The van der Waals surface area contributed by atoms with Crippen LogP contribution in [0.15, 0.2) is 78.9 Å². The third-order valence-corrected chi connectivity index (χ3v) is 3.79. The van der Waals surface area contributed by atoms with E-state index in [2.05, 4.69) is 93.9 Å².